The molecule has 12 heavy (non-hydrogen) atoms. The smallest absolute Gasteiger partial charge is 0.0388 e. The van der Waals surface area contributed by atoms with Crippen LogP contribution < -0.4 is 0 Å². The standard InChI is InChI=1S/C12H24/c1-10(2)9-11(3)12-7-5-4-6-8-12/h10-12H,4-9H2,1-3H3/t11-/m0/s1. The van der Waals surface area contributed by atoms with Gasteiger partial charge in [-0.1, -0.05) is 52.9 Å². The van der Waals surface area contributed by atoms with Gasteiger partial charge in [-0.2, -0.15) is 0 Å². The molecular weight excluding hydrogens is 144 g/mol. The molecular formula is C12H24. The van der Waals surface area contributed by atoms with E-state index in [-0.39, 0.29) is 0 Å². The normalized spacial score (nSPS) is 23.0. The summed E-state index contributed by atoms with van der Waals surface area (Å²) in [4.78, 5) is 0. The lowest BCUT2D eigenvalue weighted by Crippen LogP contribution is -2.16. The highest BCUT2D eigenvalue weighted by Crippen LogP contribution is 2.32. The molecule has 0 aromatic rings. The average molecular weight is 168 g/mol. The summed E-state index contributed by atoms with van der Waals surface area (Å²) < 4.78 is 0. The lowest BCUT2D eigenvalue weighted by atomic mass is 9.78. The quantitative estimate of drug-likeness (QED) is 0.591. The Hall–Kier alpha value is 0. The summed E-state index contributed by atoms with van der Waals surface area (Å²) in [6.45, 7) is 7.15. The fourth-order valence-corrected chi connectivity index (χ4v) is 2.64. The Kier molecular flexibility index (Phi) is 4.11. The van der Waals surface area contributed by atoms with Gasteiger partial charge in [0.25, 0.3) is 0 Å². The molecule has 0 saturated heterocycles. The van der Waals surface area contributed by atoms with Gasteiger partial charge < -0.3 is 0 Å². The summed E-state index contributed by atoms with van der Waals surface area (Å²) in [5.74, 6) is 2.92. The van der Waals surface area contributed by atoms with Crippen molar-refractivity contribution >= 4 is 0 Å². The van der Waals surface area contributed by atoms with Crippen LogP contribution in [-0.2, 0) is 0 Å². The van der Waals surface area contributed by atoms with Gasteiger partial charge in [0, 0.05) is 0 Å². The Morgan fingerprint density at radius 2 is 1.58 bits per heavy atom. The van der Waals surface area contributed by atoms with Crippen LogP contribution in [0.5, 0.6) is 0 Å². The second kappa shape index (κ2) is 4.89. The molecule has 1 atom stereocenters. The zero-order valence-electron chi connectivity index (χ0n) is 8.97. The Morgan fingerprint density at radius 1 is 1.00 bits per heavy atom. The zero-order chi connectivity index (χ0) is 8.97. The summed E-state index contributed by atoms with van der Waals surface area (Å²) >= 11 is 0. The third kappa shape index (κ3) is 3.16. The summed E-state index contributed by atoms with van der Waals surface area (Å²) in [7, 11) is 0. The van der Waals surface area contributed by atoms with Gasteiger partial charge in [-0.15, -0.1) is 0 Å². The second-order valence-corrected chi connectivity index (χ2v) is 5.00. The summed E-state index contributed by atoms with van der Waals surface area (Å²) in [6.07, 6.45) is 8.93. The Balaban J connectivity index is 2.24. The summed E-state index contributed by atoms with van der Waals surface area (Å²) in [6, 6.07) is 0. The first-order valence-corrected chi connectivity index (χ1v) is 5.70. The van der Waals surface area contributed by atoms with E-state index in [0.717, 1.165) is 17.8 Å². The SMILES string of the molecule is CC(C)C[C@H](C)C1CCCCC1. The molecule has 1 fully saturated rings. The predicted molar refractivity (Wildman–Crippen MR) is 55.2 cm³/mol. The highest BCUT2D eigenvalue weighted by atomic mass is 14.3. The molecule has 0 bridgehead atoms. The molecule has 1 aliphatic carbocycles. The minimum atomic E-state index is 0.891. The van der Waals surface area contributed by atoms with Crippen LogP contribution in [0, 0.1) is 17.8 Å². The molecule has 0 heteroatoms. The predicted octanol–water partition coefficient (Wildman–Crippen LogP) is 4.25. The van der Waals surface area contributed by atoms with Crippen molar-refractivity contribution in [3.8, 4) is 0 Å². The molecule has 72 valence electrons. The maximum Gasteiger partial charge on any atom is -0.0388 e. The minimum Gasteiger partial charge on any atom is -0.0628 e. The molecule has 1 rings (SSSR count). The molecule has 0 radical (unpaired) electrons. The second-order valence-electron chi connectivity index (χ2n) is 5.00. The van der Waals surface area contributed by atoms with E-state index in [9.17, 15) is 0 Å². The van der Waals surface area contributed by atoms with Crippen LogP contribution in [0.3, 0.4) is 0 Å². The Labute approximate surface area is 77.7 Å². The third-order valence-electron chi connectivity index (χ3n) is 3.30. The average Bonchev–Trinajstić information content (AvgIpc) is 2.05. The topological polar surface area (TPSA) is 0 Å². The van der Waals surface area contributed by atoms with E-state index in [2.05, 4.69) is 20.8 Å². The molecule has 1 aliphatic rings. The van der Waals surface area contributed by atoms with E-state index in [1.165, 1.54) is 38.5 Å². The van der Waals surface area contributed by atoms with Gasteiger partial charge in [0.15, 0.2) is 0 Å². The zero-order valence-corrected chi connectivity index (χ0v) is 8.97. The maximum absolute atomic E-state index is 2.45. The lowest BCUT2D eigenvalue weighted by Gasteiger charge is -2.28. The molecule has 0 aromatic heterocycles. The number of hydrogen-bond donors (Lipinski definition) is 0. The molecule has 0 spiro atoms. The van der Waals surface area contributed by atoms with Gasteiger partial charge >= 0.3 is 0 Å². The summed E-state index contributed by atoms with van der Waals surface area (Å²) in [5.41, 5.74) is 0. The van der Waals surface area contributed by atoms with E-state index in [4.69, 9.17) is 0 Å². The van der Waals surface area contributed by atoms with Crippen molar-refractivity contribution in [1.29, 1.82) is 0 Å². The van der Waals surface area contributed by atoms with Crippen molar-refractivity contribution in [3.05, 3.63) is 0 Å². The van der Waals surface area contributed by atoms with Crippen molar-refractivity contribution in [2.75, 3.05) is 0 Å². The van der Waals surface area contributed by atoms with Crippen molar-refractivity contribution in [3.63, 3.8) is 0 Å². The van der Waals surface area contributed by atoms with Gasteiger partial charge in [-0.25, -0.2) is 0 Å². The van der Waals surface area contributed by atoms with E-state index in [1.807, 2.05) is 0 Å². The lowest BCUT2D eigenvalue weighted by molar-refractivity contribution is 0.234. The van der Waals surface area contributed by atoms with E-state index < -0.39 is 0 Å². The molecule has 0 amide bonds. The van der Waals surface area contributed by atoms with Crippen LogP contribution in [0.25, 0.3) is 0 Å². The number of hydrogen-bond acceptors (Lipinski definition) is 0. The minimum absolute atomic E-state index is 0.891. The first kappa shape index (κ1) is 10.1. The summed E-state index contributed by atoms with van der Waals surface area (Å²) in [5, 5.41) is 0. The largest absolute Gasteiger partial charge is 0.0628 e. The Morgan fingerprint density at radius 3 is 2.08 bits per heavy atom. The van der Waals surface area contributed by atoms with Gasteiger partial charge in [0.2, 0.25) is 0 Å². The first-order chi connectivity index (χ1) is 5.70. The molecule has 0 heterocycles. The maximum atomic E-state index is 2.45. The van der Waals surface area contributed by atoms with Gasteiger partial charge in [0.1, 0.15) is 0 Å². The molecule has 0 N–H and O–H groups in total. The van der Waals surface area contributed by atoms with Gasteiger partial charge in [-0.05, 0) is 24.2 Å². The number of rotatable bonds is 3. The van der Waals surface area contributed by atoms with Crippen LogP contribution in [-0.4, -0.2) is 0 Å². The monoisotopic (exact) mass is 168 g/mol. The van der Waals surface area contributed by atoms with Crippen molar-refractivity contribution in [1.82, 2.24) is 0 Å². The molecule has 1 saturated carbocycles. The molecule has 0 unspecified atom stereocenters. The van der Waals surface area contributed by atoms with Crippen LogP contribution in [0.1, 0.15) is 59.3 Å². The van der Waals surface area contributed by atoms with Crippen molar-refractivity contribution in [2.24, 2.45) is 17.8 Å². The fraction of sp³-hybridized carbons (Fsp3) is 1.00. The Bertz CT molecular complexity index is 109. The van der Waals surface area contributed by atoms with Crippen molar-refractivity contribution in [2.45, 2.75) is 59.3 Å². The first-order valence-electron chi connectivity index (χ1n) is 5.70. The highest BCUT2D eigenvalue weighted by Gasteiger charge is 2.20. The molecule has 0 aliphatic heterocycles. The van der Waals surface area contributed by atoms with Crippen molar-refractivity contribution < 1.29 is 0 Å². The van der Waals surface area contributed by atoms with E-state index in [1.54, 1.807) is 0 Å². The molecule has 0 aromatic carbocycles. The molecule has 0 nitrogen and oxygen atoms in total. The van der Waals surface area contributed by atoms with Crippen LogP contribution in [0.2, 0.25) is 0 Å². The van der Waals surface area contributed by atoms with Crippen LogP contribution >= 0.6 is 0 Å². The van der Waals surface area contributed by atoms with E-state index >= 15 is 0 Å². The van der Waals surface area contributed by atoms with Gasteiger partial charge in [-0.3, -0.25) is 0 Å². The third-order valence-corrected chi connectivity index (χ3v) is 3.30. The fourth-order valence-electron chi connectivity index (χ4n) is 2.64. The van der Waals surface area contributed by atoms with Crippen LogP contribution in [0.4, 0.5) is 0 Å². The van der Waals surface area contributed by atoms with Crippen LogP contribution in [0.15, 0.2) is 0 Å². The van der Waals surface area contributed by atoms with Gasteiger partial charge in [0.05, 0.1) is 0 Å². The van der Waals surface area contributed by atoms with E-state index in [0.29, 0.717) is 0 Å². The highest BCUT2D eigenvalue weighted by molar-refractivity contribution is 4.71.